The van der Waals surface area contributed by atoms with Gasteiger partial charge < -0.3 is 9.47 Å². The third-order valence-corrected chi connectivity index (χ3v) is 4.78. The molecule has 2 aromatic carbocycles. The molecule has 0 amide bonds. The summed E-state index contributed by atoms with van der Waals surface area (Å²) in [6, 6.07) is 18.4. The van der Waals surface area contributed by atoms with Gasteiger partial charge >= 0.3 is 0 Å². The van der Waals surface area contributed by atoms with Crippen molar-refractivity contribution < 1.29 is 9.47 Å². The first-order valence-electron chi connectivity index (χ1n) is 9.29. The van der Waals surface area contributed by atoms with Gasteiger partial charge in [0.05, 0.1) is 6.61 Å². The highest BCUT2D eigenvalue weighted by Crippen LogP contribution is 2.28. The summed E-state index contributed by atoms with van der Waals surface area (Å²) in [6.45, 7) is 8.35. The summed E-state index contributed by atoms with van der Waals surface area (Å²) in [7, 11) is 0. The summed E-state index contributed by atoms with van der Waals surface area (Å²) in [6.07, 6.45) is 3.33. The van der Waals surface area contributed by atoms with Crippen LogP contribution in [0.5, 0.6) is 11.5 Å². The largest absolute Gasteiger partial charge is 0.494 e. The standard InChI is InChI=1S/C22H29NO2/c1-19-10-12-21(13-11-19)25-22(2)14-16-23(18-22)15-6-7-17-24-20-8-4-3-5-9-20/h3-5,8-13H,6-7,14-18H2,1-2H3. The van der Waals surface area contributed by atoms with Gasteiger partial charge in [-0.15, -0.1) is 0 Å². The molecular weight excluding hydrogens is 310 g/mol. The fourth-order valence-electron chi connectivity index (χ4n) is 3.33. The fraction of sp³-hybridized carbons (Fsp3) is 0.455. The quantitative estimate of drug-likeness (QED) is 0.651. The molecule has 1 heterocycles. The average Bonchev–Trinajstić information content (AvgIpc) is 2.98. The molecule has 1 fully saturated rings. The predicted molar refractivity (Wildman–Crippen MR) is 102 cm³/mol. The zero-order valence-corrected chi connectivity index (χ0v) is 15.4. The monoisotopic (exact) mass is 339 g/mol. The van der Waals surface area contributed by atoms with Crippen molar-refractivity contribution in [2.24, 2.45) is 0 Å². The highest BCUT2D eigenvalue weighted by Gasteiger charge is 2.35. The van der Waals surface area contributed by atoms with E-state index in [9.17, 15) is 0 Å². The number of hydrogen-bond donors (Lipinski definition) is 0. The van der Waals surface area contributed by atoms with E-state index in [0.717, 1.165) is 57.0 Å². The van der Waals surface area contributed by atoms with Crippen LogP contribution in [0, 0.1) is 6.92 Å². The van der Waals surface area contributed by atoms with Gasteiger partial charge in [-0.2, -0.15) is 0 Å². The summed E-state index contributed by atoms with van der Waals surface area (Å²) in [5.41, 5.74) is 1.19. The summed E-state index contributed by atoms with van der Waals surface area (Å²) in [5.74, 6) is 1.94. The summed E-state index contributed by atoms with van der Waals surface area (Å²) >= 11 is 0. The van der Waals surface area contributed by atoms with Gasteiger partial charge in [0, 0.05) is 19.5 Å². The van der Waals surface area contributed by atoms with E-state index in [1.54, 1.807) is 0 Å². The van der Waals surface area contributed by atoms with Crippen LogP contribution in [-0.4, -0.2) is 36.7 Å². The lowest BCUT2D eigenvalue weighted by Crippen LogP contribution is -2.36. The second kappa shape index (κ2) is 8.39. The number of rotatable bonds is 8. The molecule has 0 bridgehead atoms. The third kappa shape index (κ3) is 5.50. The second-order valence-electron chi connectivity index (χ2n) is 7.26. The van der Waals surface area contributed by atoms with Crippen LogP contribution >= 0.6 is 0 Å². The van der Waals surface area contributed by atoms with Crippen LogP contribution in [-0.2, 0) is 0 Å². The second-order valence-corrected chi connectivity index (χ2v) is 7.26. The summed E-state index contributed by atoms with van der Waals surface area (Å²) in [4.78, 5) is 2.51. The van der Waals surface area contributed by atoms with E-state index < -0.39 is 0 Å². The number of benzene rings is 2. The van der Waals surface area contributed by atoms with Gasteiger partial charge in [-0.25, -0.2) is 0 Å². The van der Waals surface area contributed by atoms with Gasteiger partial charge in [-0.3, -0.25) is 4.90 Å². The highest BCUT2D eigenvalue weighted by atomic mass is 16.5. The molecule has 1 aliphatic heterocycles. The van der Waals surface area contributed by atoms with Crippen LogP contribution in [0.25, 0.3) is 0 Å². The van der Waals surface area contributed by atoms with Crippen molar-refractivity contribution in [3.05, 3.63) is 60.2 Å². The molecule has 0 saturated carbocycles. The highest BCUT2D eigenvalue weighted by molar-refractivity contribution is 5.27. The minimum Gasteiger partial charge on any atom is -0.494 e. The van der Waals surface area contributed by atoms with Gasteiger partial charge in [-0.05, 0) is 57.5 Å². The maximum Gasteiger partial charge on any atom is 0.120 e. The average molecular weight is 339 g/mol. The number of nitrogens with zero attached hydrogens (tertiary/aromatic N) is 1. The maximum absolute atomic E-state index is 6.27. The number of para-hydroxylation sites is 1. The Bertz CT molecular complexity index is 641. The molecule has 3 rings (SSSR count). The fourth-order valence-corrected chi connectivity index (χ4v) is 3.33. The molecule has 0 radical (unpaired) electrons. The molecule has 1 unspecified atom stereocenters. The first-order chi connectivity index (χ1) is 12.1. The molecule has 1 saturated heterocycles. The van der Waals surface area contributed by atoms with E-state index in [4.69, 9.17) is 9.47 Å². The molecule has 1 atom stereocenters. The number of hydrogen-bond acceptors (Lipinski definition) is 3. The molecule has 134 valence electrons. The molecule has 0 aromatic heterocycles. The Morgan fingerprint density at radius 2 is 1.72 bits per heavy atom. The Morgan fingerprint density at radius 3 is 2.48 bits per heavy atom. The van der Waals surface area contributed by atoms with Crippen LogP contribution in [0.1, 0.15) is 31.7 Å². The van der Waals surface area contributed by atoms with Gasteiger partial charge in [0.25, 0.3) is 0 Å². The smallest absolute Gasteiger partial charge is 0.120 e. The van der Waals surface area contributed by atoms with Crippen LogP contribution in [0.4, 0.5) is 0 Å². The van der Waals surface area contributed by atoms with E-state index in [0.29, 0.717) is 0 Å². The number of unbranched alkanes of at least 4 members (excludes halogenated alkanes) is 1. The van der Waals surface area contributed by atoms with Crippen LogP contribution in [0.15, 0.2) is 54.6 Å². The zero-order chi connectivity index (χ0) is 17.5. The molecule has 0 spiro atoms. The SMILES string of the molecule is Cc1ccc(OC2(C)CCN(CCCCOc3ccccc3)C2)cc1. The molecule has 1 aliphatic rings. The van der Waals surface area contributed by atoms with Crippen molar-refractivity contribution in [3.8, 4) is 11.5 Å². The van der Waals surface area contributed by atoms with Crippen molar-refractivity contribution in [1.82, 2.24) is 4.90 Å². The maximum atomic E-state index is 6.27. The molecular formula is C22H29NO2. The molecule has 25 heavy (non-hydrogen) atoms. The lowest BCUT2D eigenvalue weighted by Gasteiger charge is -2.26. The molecule has 0 aliphatic carbocycles. The number of aryl methyl sites for hydroxylation is 1. The Kier molecular flexibility index (Phi) is 5.98. The van der Waals surface area contributed by atoms with Gasteiger partial charge in [0.2, 0.25) is 0 Å². The zero-order valence-electron chi connectivity index (χ0n) is 15.4. The molecule has 0 N–H and O–H groups in total. The third-order valence-electron chi connectivity index (χ3n) is 4.78. The minimum atomic E-state index is -0.0736. The van der Waals surface area contributed by atoms with Crippen molar-refractivity contribution >= 4 is 0 Å². The van der Waals surface area contributed by atoms with Crippen LogP contribution < -0.4 is 9.47 Å². The minimum absolute atomic E-state index is 0.0736. The van der Waals surface area contributed by atoms with Gasteiger partial charge in [-0.1, -0.05) is 35.9 Å². The van der Waals surface area contributed by atoms with E-state index in [1.807, 2.05) is 30.3 Å². The lowest BCUT2D eigenvalue weighted by molar-refractivity contribution is 0.0956. The van der Waals surface area contributed by atoms with Gasteiger partial charge in [0.15, 0.2) is 0 Å². The molecule has 2 aromatic rings. The molecule has 3 nitrogen and oxygen atoms in total. The first kappa shape index (κ1) is 17.8. The number of likely N-dealkylation sites (tertiary alicyclic amines) is 1. The van der Waals surface area contributed by atoms with Crippen LogP contribution in [0.3, 0.4) is 0 Å². The lowest BCUT2D eigenvalue weighted by atomic mass is 10.1. The normalized spacial score (nSPS) is 20.6. The Hall–Kier alpha value is -2.00. The summed E-state index contributed by atoms with van der Waals surface area (Å²) in [5, 5.41) is 0. The predicted octanol–water partition coefficient (Wildman–Crippen LogP) is 4.70. The topological polar surface area (TPSA) is 21.7 Å². The first-order valence-corrected chi connectivity index (χ1v) is 9.29. The van der Waals surface area contributed by atoms with E-state index in [-0.39, 0.29) is 5.60 Å². The van der Waals surface area contributed by atoms with Crippen molar-refractivity contribution in [1.29, 1.82) is 0 Å². The Labute approximate surface area is 151 Å². The van der Waals surface area contributed by atoms with E-state index >= 15 is 0 Å². The van der Waals surface area contributed by atoms with Crippen molar-refractivity contribution in [2.45, 2.75) is 38.7 Å². The summed E-state index contributed by atoms with van der Waals surface area (Å²) < 4.78 is 12.0. The Balaban J connectivity index is 1.35. The van der Waals surface area contributed by atoms with Crippen LogP contribution in [0.2, 0.25) is 0 Å². The van der Waals surface area contributed by atoms with E-state index in [1.165, 1.54) is 5.56 Å². The van der Waals surface area contributed by atoms with Crippen molar-refractivity contribution in [2.75, 3.05) is 26.2 Å². The van der Waals surface area contributed by atoms with Gasteiger partial charge in [0.1, 0.15) is 17.1 Å². The Morgan fingerprint density at radius 1 is 0.960 bits per heavy atom. The molecule has 3 heteroatoms. The van der Waals surface area contributed by atoms with Crippen molar-refractivity contribution in [3.63, 3.8) is 0 Å². The van der Waals surface area contributed by atoms with E-state index in [2.05, 4.69) is 43.0 Å². The number of ether oxygens (including phenoxy) is 2.